The van der Waals surface area contributed by atoms with Gasteiger partial charge in [0.25, 0.3) is 0 Å². The standard InChI is InChI=1S/C11H14O2S2/c1-2-3-8-14-11-7-5-9(15-11)4-6-10(12)13/h4-7H,2-3,8H2,1H3,(H,12,13). The number of carbonyl (C=O) groups is 1. The van der Waals surface area contributed by atoms with Crippen LogP contribution in [0.15, 0.2) is 22.4 Å². The van der Waals surface area contributed by atoms with Crippen LogP contribution in [-0.4, -0.2) is 16.8 Å². The quantitative estimate of drug-likeness (QED) is 0.469. The smallest absolute Gasteiger partial charge is 0.328 e. The van der Waals surface area contributed by atoms with E-state index in [4.69, 9.17) is 5.11 Å². The third-order valence-corrected chi connectivity index (χ3v) is 4.10. The Hall–Kier alpha value is -0.740. The van der Waals surface area contributed by atoms with Crippen molar-refractivity contribution in [2.45, 2.75) is 24.0 Å². The number of hydrogen-bond acceptors (Lipinski definition) is 3. The van der Waals surface area contributed by atoms with E-state index in [-0.39, 0.29) is 0 Å². The van der Waals surface area contributed by atoms with Gasteiger partial charge in [-0.25, -0.2) is 4.79 Å². The van der Waals surface area contributed by atoms with Gasteiger partial charge < -0.3 is 5.11 Å². The molecule has 0 fully saturated rings. The van der Waals surface area contributed by atoms with E-state index in [9.17, 15) is 4.79 Å². The van der Waals surface area contributed by atoms with Gasteiger partial charge in [0.1, 0.15) is 0 Å². The maximum Gasteiger partial charge on any atom is 0.328 e. The van der Waals surface area contributed by atoms with Crippen molar-refractivity contribution in [3.05, 3.63) is 23.1 Å². The molecular formula is C11H14O2S2. The molecule has 0 bridgehead atoms. The van der Waals surface area contributed by atoms with Crippen LogP contribution >= 0.6 is 23.1 Å². The third-order valence-electron chi connectivity index (χ3n) is 1.73. The number of rotatable bonds is 6. The van der Waals surface area contributed by atoms with E-state index in [2.05, 4.69) is 6.92 Å². The summed E-state index contributed by atoms with van der Waals surface area (Å²) in [5.74, 6) is 0.239. The number of carboxylic acids is 1. The highest BCUT2D eigenvalue weighted by atomic mass is 32.2. The summed E-state index contributed by atoms with van der Waals surface area (Å²) in [6, 6.07) is 4.00. The average Bonchev–Trinajstić information content (AvgIpc) is 2.63. The fraction of sp³-hybridized carbons (Fsp3) is 0.364. The molecule has 0 aliphatic rings. The zero-order valence-corrected chi connectivity index (χ0v) is 10.2. The molecule has 0 aromatic carbocycles. The van der Waals surface area contributed by atoms with E-state index in [1.807, 2.05) is 23.9 Å². The van der Waals surface area contributed by atoms with Gasteiger partial charge in [-0.2, -0.15) is 0 Å². The Balaban J connectivity index is 2.45. The number of unbranched alkanes of at least 4 members (excludes halogenated alkanes) is 1. The van der Waals surface area contributed by atoms with E-state index < -0.39 is 5.97 Å². The molecule has 0 unspecified atom stereocenters. The Morgan fingerprint density at radius 2 is 2.40 bits per heavy atom. The van der Waals surface area contributed by atoms with E-state index in [0.29, 0.717) is 0 Å². The molecule has 0 aliphatic carbocycles. The van der Waals surface area contributed by atoms with Crippen LogP contribution in [-0.2, 0) is 4.79 Å². The van der Waals surface area contributed by atoms with Crippen molar-refractivity contribution in [1.29, 1.82) is 0 Å². The van der Waals surface area contributed by atoms with Crippen LogP contribution in [0.4, 0.5) is 0 Å². The van der Waals surface area contributed by atoms with Gasteiger partial charge in [0.15, 0.2) is 0 Å². The lowest BCUT2D eigenvalue weighted by Crippen LogP contribution is -1.84. The van der Waals surface area contributed by atoms with E-state index in [0.717, 1.165) is 10.6 Å². The lowest BCUT2D eigenvalue weighted by Gasteiger charge is -1.94. The van der Waals surface area contributed by atoms with E-state index in [1.165, 1.54) is 23.1 Å². The molecule has 0 spiro atoms. The SMILES string of the molecule is CCCCSc1ccc(C=CC(=O)O)s1. The highest BCUT2D eigenvalue weighted by Gasteiger charge is 1.98. The average molecular weight is 242 g/mol. The second-order valence-electron chi connectivity index (χ2n) is 3.03. The minimum atomic E-state index is -0.899. The Bertz CT molecular complexity index is 342. The molecular weight excluding hydrogens is 228 g/mol. The zero-order chi connectivity index (χ0) is 11.1. The lowest BCUT2D eigenvalue weighted by molar-refractivity contribution is -0.131. The Labute approximate surface area is 98.0 Å². The van der Waals surface area contributed by atoms with Crippen molar-refractivity contribution in [3.63, 3.8) is 0 Å². The normalized spacial score (nSPS) is 11.0. The van der Waals surface area contributed by atoms with Gasteiger partial charge in [-0.1, -0.05) is 13.3 Å². The van der Waals surface area contributed by atoms with Crippen LogP contribution in [0.25, 0.3) is 6.08 Å². The lowest BCUT2D eigenvalue weighted by atomic mass is 10.4. The van der Waals surface area contributed by atoms with Crippen molar-refractivity contribution in [3.8, 4) is 0 Å². The van der Waals surface area contributed by atoms with E-state index in [1.54, 1.807) is 17.4 Å². The maximum atomic E-state index is 10.3. The van der Waals surface area contributed by atoms with Crippen molar-refractivity contribution in [1.82, 2.24) is 0 Å². The second-order valence-corrected chi connectivity index (χ2v) is 5.54. The molecule has 4 heteroatoms. The molecule has 1 rings (SSSR count). The first-order valence-electron chi connectivity index (χ1n) is 4.86. The van der Waals surface area contributed by atoms with Crippen LogP contribution in [0, 0.1) is 0 Å². The molecule has 82 valence electrons. The molecule has 0 amide bonds. The summed E-state index contributed by atoms with van der Waals surface area (Å²) in [7, 11) is 0. The Kier molecular flexibility index (Phi) is 5.50. The summed E-state index contributed by atoms with van der Waals surface area (Å²) in [6.45, 7) is 2.18. The van der Waals surface area contributed by atoms with Crippen LogP contribution in [0.5, 0.6) is 0 Å². The molecule has 15 heavy (non-hydrogen) atoms. The summed E-state index contributed by atoms with van der Waals surface area (Å²) in [5, 5.41) is 8.47. The van der Waals surface area contributed by atoms with Gasteiger partial charge in [-0.3, -0.25) is 0 Å². The molecule has 0 radical (unpaired) electrons. The van der Waals surface area contributed by atoms with Gasteiger partial charge in [-0.15, -0.1) is 23.1 Å². The summed E-state index contributed by atoms with van der Waals surface area (Å²) < 4.78 is 1.26. The fourth-order valence-corrected chi connectivity index (χ4v) is 3.19. The van der Waals surface area contributed by atoms with Gasteiger partial charge in [0, 0.05) is 11.0 Å². The number of carboxylic acid groups (broad SMARTS) is 1. The number of thiophene rings is 1. The second kappa shape index (κ2) is 6.69. The molecule has 1 aromatic rings. The molecule has 2 nitrogen and oxygen atoms in total. The van der Waals surface area contributed by atoms with Gasteiger partial charge in [0.05, 0.1) is 4.21 Å². The highest BCUT2D eigenvalue weighted by molar-refractivity contribution is 8.01. The topological polar surface area (TPSA) is 37.3 Å². The maximum absolute atomic E-state index is 10.3. The monoisotopic (exact) mass is 242 g/mol. The van der Waals surface area contributed by atoms with Crippen molar-refractivity contribution >= 4 is 35.1 Å². The Morgan fingerprint density at radius 1 is 1.60 bits per heavy atom. The number of hydrogen-bond donors (Lipinski definition) is 1. The minimum absolute atomic E-state index is 0.899. The Morgan fingerprint density at radius 3 is 3.07 bits per heavy atom. The van der Waals surface area contributed by atoms with Crippen LogP contribution < -0.4 is 0 Å². The summed E-state index contributed by atoms with van der Waals surface area (Å²) >= 11 is 3.48. The predicted molar refractivity (Wildman–Crippen MR) is 66.6 cm³/mol. The molecule has 1 aromatic heterocycles. The van der Waals surface area contributed by atoms with Crippen LogP contribution in [0.2, 0.25) is 0 Å². The van der Waals surface area contributed by atoms with Gasteiger partial charge in [-0.05, 0) is 30.4 Å². The van der Waals surface area contributed by atoms with E-state index >= 15 is 0 Å². The summed E-state index contributed by atoms with van der Waals surface area (Å²) in [4.78, 5) is 11.3. The summed E-state index contributed by atoms with van der Waals surface area (Å²) in [6.07, 6.45) is 5.25. The first kappa shape index (κ1) is 12.3. The molecule has 1 heterocycles. The van der Waals surface area contributed by atoms with Crippen molar-refractivity contribution in [2.24, 2.45) is 0 Å². The van der Waals surface area contributed by atoms with Crippen molar-refractivity contribution < 1.29 is 9.90 Å². The molecule has 0 aliphatic heterocycles. The third kappa shape index (κ3) is 5.04. The molecule has 0 atom stereocenters. The molecule has 0 saturated carbocycles. The zero-order valence-electron chi connectivity index (χ0n) is 8.60. The van der Waals surface area contributed by atoms with Crippen molar-refractivity contribution in [2.75, 3.05) is 5.75 Å². The van der Waals surface area contributed by atoms with Crippen LogP contribution in [0.1, 0.15) is 24.6 Å². The first-order valence-corrected chi connectivity index (χ1v) is 6.66. The fourth-order valence-electron chi connectivity index (χ4n) is 0.972. The summed E-state index contributed by atoms with van der Waals surface area (Å²) in [5.41, 5.74) is 0. The minimum Gasteiger partial charge on any atom is -0.478 e. The highest BCUT2D eigenvalue weighted by Crippen LogP contribution is 2.28. The molecule has 1 N–H and O–H groups in total. The first-order chi connectivity index (χ1) is 7.22. The number of thioether (sulfide) groups is 1. The predicted octanol–water partition coefficient (Wildman–Crippen LogP) is 3.74. The van der Waals surface area contributed by atoms with Crippen LogP contribution in [0.3, 0.4) is 0 Å². The number of aliphatic carboxylic acids is 1. The van der Waals surface area contributed by atoms with Gasteiger partial charge >= 0.3 is 5.97 Å². The van der Waals surface area contributed by atoms with Gasteiger partial charge in [0.2, 0.25) is 0 Å². The molecule has 0 saturated heterocycles. The largest absolute Gasteiger partial charge is 0.478 e.